The van der Waals surface area contributed by atoms with E-state index in [2.05, 4.69) is 13.8 Å². The molecule has 0 N–H and O–H groups in total. The highest BCUT2D eigenvalue weighted by Gasteiger charge is 1.91. The highest BCUT2D eigenvalue weighted by molar-refractivity contribution is 5.72. The first-order valence-electron chi connectivity index (χ1n) is 3.99. The predicted octanol–water partition coefficient (Wildman–Crippen LogP) is 2.71. The van der Waals surface area contributed by atoms with Gasteiger partial charge in [-0.2, -0.15) is 0 Å². The van der Waals surface area contributed by atoms with Crippen molar-refractivity contribution in [1.29, 1.82) is 0 Å². The Bertz CT molecular complexity index is 114. The van der Waals surface area contributed by atoms with Crippen LogP contribution in [0.3, 0.4) is 0 Å². The molecular formula is C9H16O. The molecule has 0 unspecified atom stereocenters. The molecule has 0 aliphatic carbocycles. The molecule has 0 aromatic heterocycles. The van der Waals surface area contributed by atoms with Crippen LogP contribution < -0.4 is 0 Å². The largest absolute Gasteiger partial charge is 0.298 e. The number of allylic oxidation sites excluding steroid dienone is 2. The molecule has 0 heterocycles. The van der Waals surface area contributed by atoms with E-state index in [1.54, 1.807) is 0 Å². The smallest absolute Gasteiger partial charge is 0.145 e. The molecule has 0 amide bonds. The molecule has 0 fully saturated rings. The molecule has 0 bridgehead atoms. The monoisotopic (exact) mass is 140 g/mol. The van der Waals surface area contributed by atoms with E-state index in [0.717, 1.165) is 37.5 Å². The van der Waals surface area contributed by atoms with Crippen LogP contribution in [0.4, 0.5) is 0 Å². The molecule has 0 aliphatic heterocycles. The topological polar surface area (TPSA) is 17.1 Å². The third kappa shape index (κ3) is 4.30. The molecule has 1 nitrogen and oxygen atoms in total. The van der Waals surface area contributed by atoms with Gasteiger partial charge in [-0.15, -0.1) is 0 Å². The maximum atomic E-state index is 10.3. The van der Waals surface area contributed by atoms with Crippen molar-refractivity contribution in [3.63, 3.8) is 0 Å². The first-order valence-corrected chi connectivity index (χ1v) is 3.99. The number of unbranched alkanes of at least 4 members (excludes halogenated alkanes) is 1. The molecule has 0 saturated heterocycles. The minimum absolute atomic E-state index is 0.952. The van der Waals surface area contributed by atoms with Crippen molar-refractivity contribution in [2.24, 2.45) is 0 Å². The molecule has 0 aromatic rings. The normalized spacial score (nSPS) is 11.6. The van der Waals surface area contributed by atoms with Crippen LogP contribution in [0.1, 0.15) is 39.5 Å². The lowest BCUT2D eigenvalue weighted by Gasteiger charge is -1.95. The first-order chi connectivity index (χ1) is 4.85. The van der Waals surface area contributed by atoms with E-state index in [0.29, 0.717) is 0 Å². The fraction of sp³-hybridized carbons (Fsp3) is 0.667. The third-order valence-electron chi connectivity index (χ3n) is 1.44. The Morgan fingerprint density at radius 3 is 2.50 bits per heavy atom. The Labute approximate surface area is 63.1 Å². The van der Waals surface area contributed by atoms with Gasteiger partial charge in [-0.3, -0.25) is 4.79 Å². The summed E-state index contributed by atoms with van der Waals surface area (Å²) in [7, 11) is 0. The van der Waals surface area contributed by atoms with Crippen LogP contribution in [0.15, 0.2) is 11.6 Å². The van der Waals surface area contributed by atoms with Gasteiger partial charge in [-0.05, 0) is 24.8 Å². The number of hydrogen-bond donors (Lipinski definition) is 0. The lowest BCUT2D eigenvalue weighted by Crippen LogP contribution is -1.84. The quantitative estimate of drug-likeness (QED) is 0.424. The van der Waals surface area contributed by atoms with E-state index >= 15 is 0 Å². The van der Waals surface area contributed by atoms with E-state index in [-0.39, 0.29) is 0 Å². The van der Waals surface area contributed by atoms with Crippen LogP contribution in [-0.2, 0) is 4.79 Å². The van der Waals surface area contributed by atoms with Crippen molar-refractivity contribution < 1.29 is 4.79 Å². The number of carbonyl (C=O) groups is 1. The number of aldehydes is 1. The molecule has 0 spiro atoms. The minimum Gasteiger partial charge on any atom is -0.298 e. The second kappa shape index (κ2) is 6.53. The maximum Gasteiger partial charge on any atom is 0.145 e. The average molecular weight is 140 g/mol. The standard InChI is InChI=1S/C9H16O/c1-3-5-7-9(8-10)6-4-2/h6,8H,3-5,7H2,1-2H3/b9-6+. The first kappa shape index (κ1) is 9.41. The zero-order valence-electron chi connectivity index (χ0n) is 6.89. The van der Waals surface area contributed by atoms with Crippen molar-refractivity contribution in [2.45, 2.75) is 39.5 Å². The highest BCUT2D eigenvalue weighted by atomic mass is 16.1. The predicted molar refractivity (Wildman–Crippen MR) is 44.0 cm³/mol. The zero-order chi connectivity index (χ0) is 7.82. The van der Waals surface area contributed by atoms with Crippen molar-refractivity contribution in [1.82, 2.24) is 0 Å². The Morgan fingerprint density at radius 2 is 2.10 bits per heavy atom. The van der Waals surface area contributed by atoms with E-state index in [1.807, 2.05) is 6.08 Å². The molecular weight excluding hydrogens is 124 g/mol. The Morgan fingerprint density at radius 1 is 1.40 bits per heavy atom. The maximum absolute atomic E-state index is 10.3. The third-order valence-corrected chi connectivity index (χ3v) is 1.44. The van der Waals surface area contributed by atoms with E-state index in [9.17, 15) is 4.79 Å². The van der Waals surface area contributed by atoms with Crippen LogP contribution in [0.2, 0.25) is 0 Å². The van der Waals surface area contributed by atoms with Crippen molar-refractivity contribution >= 4 is 6.29 Å². The van der Waals surface area contributed by atoms with Crippen LogP contribution in [-0.4, -0.2) is 6.29 Å². The fourth-order valence-corrected chi connectivity index (χ4v) is 0.852. The molecule has 0 atom stereocenters. The van der Waals surface area contributed by atoms with Gasteiger partial charge < -0.3 is 0 Å². The van der Waals surface area contributed by atoms with Crippen molar-refractivity contribution in [3.05, 3.63) is 11.6 Å². The number of rotatable bonds is 5. The lowest BCUT2D eigenvalue weighted by atomic mass is 10.1. The van der Waals surface area contributed by atoms with Gasteiger partial charge in [-0.1, -0.05) is 26.3 Å². The summed E-state index contributed by atoms with van der Waals surface area (Å²) in [5.41, 5.74) is 0.962. The molecule has 0 aliphatic rings. The fourth-order valence-electron chi connectivity index (χ4n) is 0.852. The summed E-state index contributed by atoms with van der Waals surface area (Å²) in [4.78, 5) is 10.3. The summed E-state index contributed by atoms with van der Waals surface area (Å²) in [6, 6.07) is 0. The van der Waals surface area contributed by atoms with Gasteiger partial charge in [0.25, 0.3) is 0 Å². The van der Waals surface area contributed by atoms with Gasteiger partial charge in [0, 0.05) is 0 Å². The van der Waals surface area contributed by atoms with Gasteiger partial charge in [-0.25, -0.2) is 0 Å². The number of hydrogen-bond acceptors (Lipinski definition) is 1. The van der Waals surface area contributed by atoms with Gasteiger partial charge in [0.1, 0.15) is 6.29 Å². The van der Waals surface area contributed by atoms with Gasteiger partial charge in [0.05, 0.1) is 0 Å². The molecule has 0 aromatic carbocycles. The summed E-state index contributed by atoms with van der Waals surface area (Å²) in [5, 5.41) is 0. The Kier molecular flexibility index (Phi) is 6.14. The summed E-state index contributed by atoms with van der Waals surface area (Å²) >= 11 is 0. The molecule has 58 valence electrons. The van der Waals surface area contributed by atoms with E-state index < -0.39 is 0 Å². The van der Waals surface area contributed by atoms with E-state index in [4.69, 9.17) is 0 Å². The number of carbonyl (C=O) groups excluding carboxylic acids is 1. The summed E-state index contributed by atoms with van der Waals surface area (Å²) in [6.45, 7) is 4.18. The summed E-state index contributed by atoms with van der Waals surface area (Å²) in [5.74, 6) is 0. The Hall–Kier alpha value is -0.590. The molecule has 0 radical (unpaired) electrons. The highest BCUT2D eigenvalue weighted by Crippen LogP contribution is 2.04. The SMILES string of the molecule is CC/C=C(/C=O)CCCC. The minimum atomic E-state index is 0.952. The van der Waals surface area contributed by atoms with Crippen LogP contribution >= 0.6 is 0 Å². The summed E-state index contributed by atoms with van der Waals surface area (Å²) < 4.78 is 0. The van der Waals surface area contributed by atoms with Crippen molar-refractivity contribution in [2.75, 3.05) is 0 Å². The van der Waals surface area contributed by atoms with E-state index in [1.165, 1.54) is 0 Å². The van der Waals surface area contributed by atoms with Crippen LogP contribution in [0.25, 0.3) is 0 Å². The molecule has 1 heteroatoms. The van der Waals surface area contributed by atoms with Gasteiger partial charge in [0.15, 0.2) is 0 Å². The second-order valence-electron chi connectivity index (χ2n) is 2.41. The molecule has 0 saturated carbocycles. The molecule has 10 heavy (non-hydrogen) atoms. The Balaban J connectivity index is 3.60. The second-order valence-corrected chi connectivity index (χ2v) is 2.41. The van der Waals surface area contributed by atoms with Gasteiger partial charge in [0.2, 0.25) is 0 Å². The molecule has 0 rings (SSSR count). The average Bonchev–Trinajstić information content (AvgIpc) is 1.98. The zero-order valence-corrected chi connectivity index (χ0v) is 6.89. The lowest BCUT2D eigenvalue weighted by molar-refractivity contribution is -0.105. The van der Waals surface area contributed by atoms with Gasteiger partial charge >= 0.3 is 0 Å². The van der Waals surface area contributed by atoms with Crippen LogP contribution in [0, 0.1) is 0 Å². The van der Waals surface area contributed by atoms with Crippen LogP contribution in [0.5, 0.6) is 0 Å². The van der Waals surface area contributed by atoms with Crippen molar-refractivity contribution in [3.8, 4) is 0 Å². The summed E-state index contributed by atoms with van der Waals surface area (Å²) in [6.07, 6.45) is 7.19.